The summed E-state index contributed by atoms with van der Waals surface area (Å²) in [5.74, 6) is -1.10. The van der Waals surface area contributed by atoms with Crippen molar-refractivity contribution in [3.63, 3.8) is 0 Å². The van der Waals surface area contributed by atoms with Gasteiger partial charge in [-0.1, -0.05) is 42.5 Å². The molecule has 3 rings (SSSR count). The smallest absolute Gasteiger partial charge is 0.357 e. The van der Waals surface area contributed by atoms with Gasteiger partial charge in [0.05, 0.1) is 7.11 Å². The Morgan fingerprint density at radius 2 is 1.70 bits per heavy atom. The molecule has 0 saturated heterocycles. The van der Waals surface area contributed by atoms with Crippen LogP contribution in [0.25, 0.3) is 11.5 Å². The molecular weight excluding hydrogens is 346 g/mol. The molecule has 0 aliphatic heterocycles. The molecule has 0 bridgehead atoms. The third kappa shape index (κ3) is 4.41. The normalized spacial score (nSPS) is 10.6. The second-order valence-electron chi connectivity index (χ2n) is 6.02. The van der Waals surface area contributed by atoms with Crippen molar-refractivity contribution in [2.24, 2.45) is 0 Å². The zero-order valence-corrected chi connectivity index (χ0v) is 14.8. The lowest BCUT2D eigenvalue weighted by atomic mass is 9.94. The Balaban J connectivity index is 1.88. The van der Waals surface area contributed by atoms with Gasteiger partial charge in [0.25, 0.3) is 0 Å². The van der Waals surface area contributed by atoms with Gasteiger partial charge in [0.2, 0.25) is 5.89 Å². The second-order valence-corrected chi connectivity index (χ2v) is 6.02. The number of carbonyl (C=O) groups is 2. The van der Waals surface area contributed by atoms with E-state index in [1.165, 1.54) is 7.11 Å². The molecule has 6 nitrogen and oxygen atoms in total. The first-order valence-corrected chi connectivity index (χ1v) is 8.49. The standard InChI is InChI=1S/C21H19NO5/c1-26-19(23)11-10-14-6-2-3-7-15(14)12-16-8-4-5-9-17(16)20-22-18(13-27-20)21(24)25/h2-9,13H,10-12H2,1H3,(H,24,25). The van der Waals surface area contributed by atoms with Gasteiger partial charge >= 0.3 is 11.9 Å². The van der Waals surface area contributed by atoms with Crippen LogP contribution in [0.15, 0.2) is 59.2 Å². The Morgan fingerprint density at radius 1 is 1.04 bits per heavy atom. The van der Waals surface area contributed by atoms with E-state index in [1.54, 1.807) is 0 Å². The maximum absolute atomic E-state index is 11.5. The van der Waals surface area contributed by atoms with Crippen LogP contribution in [0.3, 0.4) is 0 Å². The van der Waals surface area contributed by atoms with Crippen LogP contribution in [0.1, 0.15) is 33.6 Å². The molecule has 3 aromatic rings. The molecule has 1 aromatic heterocycles. The molecule has 0 unspecified atom stereocenters. The van der Waals surface area contributed by atoms with Crippen LogP contribution >= 0.6 is 0 Å². The Hall–Kier alpha value is -3.41. The van der Waals surface area contributed by atoms with Crippen molar-refractivity contribution < 1.29 is 23.8 Å². The maximum atomic E-state index is 11.5. The van der Waals surface area contributed by atoms with E-state index in [2.05, 4.69) is 4.98 Å². The number of ether oxygens (including phenoxy) is 1. The predicted molar refractivity (Wildman–Crippen MR) is 98.5 cm³/mol. The Kier molecular flexibility index (Phi) is 5.66. The highest BCUT2D eigenvalue weighted by atomic mass is 16.5. The summed E-state index contributed by atoms with van der Waals surface area (Å²) in [6.45, 7) is 0. The summed E-state index contributed by atoms with van der Waals surface area (Å²) in [4.78, 5) is 26.6. The average molecular weight is 365 g/mol. The first-order chi connectivity index (χ1) is 13.1. The van der Waals surface area contributed by atoms with Crippen LogP contribution < -0.4 is 0 Å². The van der Waals surface area contributed by atoms with Crippen LogP contribution in [0.5, 0.6) is 0 Å². The number of aromatic nitrogens is 1. The molecule has 2 aromatic carbocycles. The Morgan fingerprint density at radius 3 is 2.37 bits per heavy atom. The van der Waals surface area contributed by atoms with Crippen molar-refractivity contribution in [2.75, 3.05) is 7.11 Å². The number of rotatable bonds is 7. The van der Waals surface area contributed by atoms with Crippen molar-refractivity contribution >= 4 is 11.9 Å². The number of hydrogen-bond donors (Lipinski definition) is 1. The number of hydrogen-bond acceptors (Lipinski definition) is 5. The first kappa shape index (κ1) is 18.4. The lowest BCUT2D eigenvalue weighted by molar-refractivity contribution is -0.140. The van der Waals surface area contributed by atoms with Crippen molar-refractivity contribution in [1.82, 2.24) is 4.98 Å². The monoisotopic (exact) mass is 365 g/mol. The van der Waals surface area contributed by atoms with Crippen LogP contribution in [0.4, 0.5) is 0 Å². The molecule has 27 heavy (non-hydrogen) atoms. The summed E-state index contributed by atoms with van der Waals surface area (Å²) in [5.41, 5.74) is 3.73. The molecule has 1 heterocycles. The third-order valence-corrected chi connectivity index (χ3v) is 4.30. The summed E-state index contributed by atoms with van der Waals surface area (Å²) >= 11 is 0. The lowest BCUT2D eigenvalue weighted by Gasteiger charge is -2.11. The highest BCUT2D eigenvalue weighted by molar-refractivity contribution is 5.85. The largest absolute Gasteiger partial charge is 0.476 e. The number of oxazole rings is 1. The summed E-state index contributed by atoms with van der Waals surface area (Å²) < 4.78 is 10.1. The van der Waals surface area contributed by atoms with Gasteiger partial charge in [-0.2, -0.15) is 0 Å². The van der Waals surface area contributed by atoms with Gasteiger partial charge in [-0.15, -0.1) is 0 Å². The lowest BCUT2D eigenvalue weighted by Crippen LogP contribution is -2.04. The molecule has 0 radical (unpaired) electrons. The Bertz CT molecular complexity index is 960. The number of esters is 1. The molecule has 0 saturated carbocycles. The number of aryl methyl sites for hydroxylation is 1. The fourth-order valence-electron chi connectivity index (χ4n) is 2.90. The predicted octanol–water partition coefficient (Wildman–Crippen LogP) is 3.74. The summed E-state index contributed by atoms with van der Waals surface area (Å²) in [6, 6.07) is 15.5. The van der Waals surface area contributed by atoms with E-state index in [4.69, 9.17) is 14.3 Å². The summed E-state index contributed by atoms with van der Waals surface area (Å²) in [7, 11) is 1.38. The van der Waals surface area contributed by atoms with Crippen LogP contribution in [-0.4, -0.2) is 29.1 Å². The number of carbonyl (C=O) groups excluding carboxylic acids is 1. The molecule has 6 heteroatoms. The minimum Gasteiger partial charge on any atom is -0.476 e. The fourth-order valence-corrected chi connectivity index (χ4v) is 2.90. The number of carboxylic acids is 1. The van der Waals surface area contributed by atoms with Gasteiger partial charge in [0.15, 0.2) is 5.69 Å². The molecule has 1 N–H and O–H groups in total. The van der Waals surface area contributed by atoms with Gasteiger partial charge in [-0.3, -0.25) is 4.79 Å². The quantitative estimate of drug-likeness (QED) is 0.642. The number of methoxy groups -OCH3 is 1. The summed E-state index contributed by atoms with van der Waals surface area (Å²) in [6.07, 6.45) is 2.65. The van der Waals surface area contributed by atoms with E-state index in [9.17, 15) is 9.59 Å². The molecule has 0 aliphatic carbocycles. The van der Waals surface area contributed by atoms with Crippen LogP contribution in [0, 0.1) is 0 Å². The van der Waals surface area contributed by atoms with E-state index < -0.39 is 5.97 Å². The van der Waals surface area contributed by atoms with Crippen molar-refractivity contribution in [1.29, 1.82) is 0 Å². The SMILES string of the molecule is COC(=O)CCc1ccccc1Cc1ccccc1-c1nc(C(=O)O)co1. The minimum absolute atomic E-state index is 0.127. The molecule has 0 spiro atoms. The number of benzene rings is 2. The maximum Gasteiger partial charge on any atom is 0.357 e. The van der Waals surface area contributed by atoms with E-state index >= 15 is 0 Å². The highest BCUT2D eigenvalue weighted by Crippen LogP contribution is 2.26. The molecule has 0 atom stereocenters. The number of aromatic carboxylic acids is 1. The van der Waals surface area contributed by atoms with Crippen LogP contribution in [0.2, 0.25) is 0 Å². The number of carboxylic acid groups (broad SMARTS) is 1. The highest BCUT2D eigenvalue weighted by Gasteiger charge is 2.15. The van der Waals surface area contributed by atoms with E-state index in [0.29, 0.717) is 19.3 Å². The average Bonchev–Trinajstić information content (AvgIpc) is 3.18. The van der Waals surface area contributed by atoms with E-state index in [1.807, 2.05) is 48.5 Å². The van der Waals surface area contributed by atoms with Gasteiger partial charge in [-0.25, -0.2) is 9.78 Å². The minimum atomic E-state index is -1.13. The van der Waals surface area contributed by atoms with Crippen molar-refractivity contribution in [3.05, 3.63) is 77.2 Å². The van der Waals surface area contributed by atoms with Gasteiger partial charge in [0, 0.05) is 12.0 Å². The molecule has 0 fully saturated rings. The Labute approximate surface area is 156 Å². The van der Waals surface area contributed by atoms with Gasteiger partial charge in [-0.05, 0) is 35.6 Å². The van der Waals surface area contributed by atoms with E-state index in [-0.39, 0.29) is 17.6 Å². The molecular formula is C21H19NO5. The summed E-state index contributed by atoms with van der Waals surface area (Å²) in [5, 5.41) is 9.05. The first-order valence-electron chi connectivity index (χ1n) is 8.49. The van der Waals surface area contributed by atoms with Gasteiger partial charge in [0.1, 0.15) is 6.26 Å². The second kappa shape index (κ2) is 8.31. The number of nitrogens with zero attached hydrogens (tertiary/aromatic N) is 1. The third-order valence-electron chi connectivity index (χ3n) is 4.30. The molecule has 0 aliphatic rings. The van der Waals surface area contributed by atoms with Crippen molar-refractivity contribution in [3.8, 4) is 11.5 Å². The fraction of sp³-hybridized carbons (Fsp3) is 0.190. The zero-order chi connectivity index (χ0) is 19.2. The molecule has 138 valence electrons. The van der Waals surface area contributed by atoms with Crippen molar-refractivity contribution in [2.45, 2.75) is 19.3 Å². The van der Waals surface area contributed by atoms with Crippen LogP contribution in [-0.2, 0) is 22.4 Å². The zero-order valence-electron chi connectivity index (χ0n) is 14.8. The van der Waals surface area contributed by atoms with E-state index in [0.717, 1.165) is 28.5 Å². The topological polar surface area (TPSA) is 89.6 Å². The molecule has 0 amide bonds. The van der Waals surface area contributed by atoms with Gasteiger partial charge < -0.3 is 14.3 Å².